The van der Waals surface area contributed by atoms with Gasteiger partial charge in [-0.3, -0.25) is 4.79 Å². The molecule has 0 rings (SSSR count). The normalized spacial score (nSPS) is 9.50. The summed E-state index contributed by atoms with van der Waals surface area (Å²) < 4.78 is 0. The summed E-state index contributed by atoms with van der Waals surface area (Å²) in [6.07, 6.45) is 10.1. The molecule has 0 bridgehead atoms. The Labute approximate surface area is 101 Å². The molecule has 0 saturated carbocycles. The summed E-state index contributed by atoms with van der Waals surface area (Å²) in [5, 5.41) is 8.39. The van der Waals surface area contributed by atoms with Crippen LogP contribution in [0.4, 0.5) is 0 Å². The Balaban J connectivity index is 0. The molecule has 0 saturated heterocycles. The minimum absolute atomic E-state index is 0. The molecule has 0 atom stereocenters. The Morgan fingerprint density at radius 2 is 1.36 bits per heavy atom. The predicted octanol–water partition coefficient (Wildman–Crippen LogP) is 2.42. The Morgan fingerprint density at radius 3 is 1.79 bits per heavy atom. The van der Waals surface area contributed by atoms with Crippen LogP contribution in [0.25, 0.3) is 0 Å². The van der Waals surface area contributed by atoms with Crippen LogP contribution in [-0.2, 0) is 4.79 Å². The summed E-state index contributed by atoms with van der Waals surface area (Å²) in [4.78, 5) is 10.2. The average molecular weight is 259 g/mol. The number of aliphatic carboxylic acids is 1. The minimum atomic E-state index is -0.661. The van der Waals surface area contributed by atoms with Crippen LogP contribution in [0.3, 0.4) is 0 Å². The molecule has 0 aromatic heterocycles. The van der Waals surface area contributed by atoms with Crippen LogP contribution < -0.4 is 0 Å². The van der Waals surface area contributed by atoms with Gasteiger partial charge in [0.25, 0.3) is 0 Å². The zero-order chi connectivity index (χ0) is 9.94. The van der Waals surface area contributed by atoms with Crippen LogP contribution in [-0.4, -0.2) is 30.9 Å². The van der Waals surface area contributed by atoms with E-state index in [1.807, 2.05) is 0 Å². The van der Waals surface area contributed by atoms with Crippen LogP contribution in [0.15, 0.2) is 0 Å². The molecule has 0 aliphatic carbocycles. The summed E-state index contributed by atoms with van der Waals surface area (Å²) in [7, 11) is 0. The van der Waals surface area contributed by atoms with Gasteiger partial charge in [0.1, 0.15) is 0 Å². The first-order chi connectivity index (χ1) is 6.27. The molecule has 0 spiro atoms. The van der Waals surface area contributed by atoms with Crippen molar-refractivity contribution in [2.45, 2.75) is 64.7 Å². The Hall–Kier alpha value is 0.106. The van der Waals surface area contributed by atoms with Gasteiger partial charge in [0.15, 0.2) is 0 Å². The zero-order valence-corrected chi connectivity index (χ0v) is 8.72. The molecular formula is C11H25GaO2. The molecule has 0 aromatic carbocycles. The van der Waals surface area contributed by atoms with E-state index in [1.54, 1.807) is 0 Å². The van der Waals surface area contributed by atoms with E-state index in [9.17, 15) is 4.79 Å². The van der Waals surface area contributed by atoms with Gasteiger partial charge in [0.05, 0.1) is 0 Å². The van der Waals surface area contributed by atoms with Crippen molar-refractivity contribution >= 4 is 25.8 Å². The molecule has 3 heteroatoms. The molecule has 0 unspecified atom stereocenters. The van der Waals surface area contributed by atoms with Gasteiger partial charge in [-0.2, -0.15) is 0 Å². The quantitative estimate of drug-likeness (QED) is 0.510. The van der Waals surface area contributed by atoms with E-state index >= 15 is 0 Å². The maximum absolute atomic E-state index is 10.2. The van der Waals surface area contributed by atoms with Gasteiger partial charge in [-0.25, -0.2) is 0 Å². The number of carboxylic acid groups (broad SMARTS) is 1. The van der Waals surface area contributed by atoms with Crippen LogP contribution in [0.1, 0.15) is 64.7 Å². The first-order valence-electron chi connectivity index (χ1n) is 5.49. The number of hydrogen-bond donors (Lipinski definition) is 1. The maximum atomic E-state index is 10.2. The average Bonchev–Trinajstić information content (AvgIpc) is 2.09. The standard InChI is InChI=1S/C11H22O2.Ga.3H/c1-2-3-4-5-6-7-8-9-10-11(12)13;;;;/h2-10H2,1H3,(H,12,13);;;;. The van der Waals surface area contributed by atoms with Crippen molar-refractivity contribution < 1.29 is 9.90 Å². The second-order valence-electron chi connectivity index (χ2n) is 3.62. The van der Waals surface area contributed by atoms with E-state index < -0.39 is 5.97 Å². The third-order valence-electron chi connectivity index (χ3n) is 2.24. The molecule has 0 heterocycles. The molecular weight excluding hydrogens is 234 g/mol. The van der Waals surface area contributed by atoms with E-state index in [2.05, 4.69) is 6.92 Å². The fourth-order valence-corrected chi connectivity index (χ4v) is 1.41. The molecule has 2 nitrogen and oxygen atoms in total. The van der Waals surface area contributed by atoms with Crippen LogP contribution in [0.2, 0.25) is 0 Å². The van der Waals surface area contributed by atoms with Gasteiger partial charge in [-0.05, 0) is 6.42 Å². The number of carbonyl (C=O) groups is 1. The topological polar surface area (TPSA) is 37.3 Å². The second-order valence-corrected chi connectivity index (χ2v) is 3.62. The van der Waals surface area contributed by atoms with Crippen LogP contribution in [0, 0.1) is 0 Å². The van der Waals surface area contributed by atoms with E-state index in [0.29, 0.717) is 6.42 Å². The zero-order valence-electron chi connectivity index (χ0n) is 8.72. The van der Waals surface area contributed by atoms with Crippen molar-refractivity contribution in [1.29, 1.82) is 0 Å². The molecule has 1 N–H and O–H groups in total. The van der Waals surface area contributed by atoms with E-state index in [1.165, 1.54) is 38.5 Å². The molecule has 0 amide bonds. The summed E-state index contributed by atoms with van der Waals surface area (Å²) >= 11 is 0. The molecule has 0 aromatic rings. The fraction of sp³-hybridized carbons (Fsp3) is 0.909. The molecule has 14 heavy (non-hydrogen) atoms. The molecule has 0 fully saturated rings. The van der Waals surface area contributed by atoms with Crippen LogP contribution in [0.5, 0.6) is 0 Å². The van der Waals surface area contributed by atoms with Crippen molar-refractivity contribution in [3.63, 3.8) is 0 Å². The SMILES string of the molecule is CCCCCCCCCCC(=O)O.[GaH3]. The van der Waals surface area contributed by atoms with Gasteiger partial charge in [0, 0.05) is 6.42 Å². The number of hydrogen-bond acceptors (Lipinski definition) is 1. The van der Waals surface area contributed by atoms with E-state index in [-0.39, 0.29) is 19.8 Å². The van der Waals surface area contributed by atoms with Crippen molar-refractivity contribution in [2.75, 3.05) is 0 Å². The monoisotopic (exact) mass is 258 g/mol. The molecule has 84 valence electrons. The van der Waals surface area contributed by atoms with Crippen molar-refractivity contribution in [2.24, 2.45) is 0 Å². The van der Waals surface area contributed by atoms with Gasteiger partial charge in [-0.15, -0.1) is 0 Å². The summed E-state index contributed by atoms with van der Waals surface area (Å²) in [5.74, 6) is -0.661. The van der Waals surface area contributed by atoms with E-state index in [4.69, 9.17) is 5.11 Å². The predicted molar refractivity (Wildman–Crippen MR) is 64.8 cm³/mol. The molecule has 0 radical (unpaired) electrons. The Kier molecular flexibility index (Phi) is 15.5. The Morgan fingerprint density at radius 1 is 0.929 bits per heavy atom. The van der Waals surface area contributed by atoms with Crippen molar-refractivity contribution in [1.82, 2.24) is 0 Å². The van der Waals surface area contributed by atoms with Crippen LogP contribution >= 0.6 is 0 Å². The molecule has 0 aliphatic rings. The fourth-order valence-electron chi connectivity index (χ4n) is 1.41. The third-order valence-corrected chi connectivity index (χ3v) is 2.24. The second kappa shape index (κ2) is 13.1. The van der Waals surface area contributed by atoms with Gasteiger partial charge < -0.3 is 5.11 Å². The molecule has 0 aliphatic heterocycles. The Bertz CT molecular complexity index is 126. The first kappa shape index (κ1) is 16.5. The van der Waals surface area contributed by atoms with Gasteiger partial charge in [-0.1, -0.05) is 51.9 Å². The summed E-state index contributed by atoms with van der Waals surface area (Å²) in [6, 6.07) is 0. The number of rotatable bonds is 9. The van der Waals surface area contributed by atoms with Crippen molar-refractivity contribution in [3.8, 4) is 0 Å². The third kappa shape index (κ3) is 14.6. The first-order valence-corrected chi connectivity index (χ1v) is 5.49. The van der Waals surface area contributed by atoms with E-state index in [0.717, 1.165) is 12.8 Å². The number of carboxylic acids is 1. The number of unbranched alkanes of at least 4 members (excludes halogenated alkanes) is 7. The van der Waals surface area contributed by atoms with Crippen molar-refractivity contribution in [3.05, 3.63) is 0 Å². The van der Waals surface area contributed by atoms with Gasteiger partial charge >= 0.3 is 25.8 Å². The van der Waals surface area contributed by atoms with Gasteiger partial charge in [0.2, 0.25) is 0 Å². The summed E-state index contributed by atoms with van der Waals surface area (Å²) in [6.45, 7) is 2.22. The summed E-state index contributed by atoms with van der Waals surface area (Å²) in [5.41, 5.74) is 0.